The van der Waals surface area contributed by atoms with Crippen LogP contribution in [-0.4, -0.2) is 58.3 Å². The Balaban J connectivity index is 1.69. The molecule has 0 saturated heterocycles. The Kier molecular flexibility index (Phi) is 8.22. The summed E-state index contributed by atoms with van der Waals surface area (Å²) < 4.78 is 6.71. The van der Waals surface area contributed by atoms with Crippen molar-refractivity contribution in [2.24, 2.45) is 0 Å². The van der Waals surface area contributed by atoms with E-state index in [1.54, 1.807) is 32.3 Å². The molecule has 12 heteroatoms. The van der Waals surface area contributed by atoms with Crippen LogP contribution in [0.15, 0.2) is 24.4 Å². The van der Waals surface area contributed by atoms with Crippen LogP contribution in [0.1, 0.15) is 23.3 Å². The zero-order valence-electron chi connectivity index (χ0n) is 15.8. The summed E-state index contributed by atoms with van der Waals surface area (Å²) in [5, 5.41) is 8.25. The summed E-state index contributed by atoms with van der Waals surface area (Å²) in [6.07, 6.45) is 1.84. The number of benzene rings is 1. The maximum absolute atomic E-state index is 12.0. The van der Waals surface area contributed by atoms with Crippen LogP contribution in [0.2, 0.25) is 10.0 Å². The molecule has 10 nitrogen and oxygen atoms in total. The van der Waals surface area contributed by atoms with E-state index in [9.17, 15) is 14.4 Å². The molecule has 2 N–H and O–H groups in total. The fraction of sp³-hybridized carbons (Fsp3) is 0.353. The molecule has 29 heavy (non-hydrogen) atoms. The van der Waals surface area contributed by atoms with E-state index in [2.05, 4.69) is 21.2 Å². The number of hydrazine groups is 1. The van der Waals surface area contributed by atoms with Gasteiger partial charge >= 0.3 is 0 Å². The second-order valence-electron chi connectivity index (χ2n) is 6.12. The topological polar surface area (TPSA) is 118 Å². The number of nitrogens with zero attached hydrogens (tertiary/aromatic N) is 4. The van der Waals surface area contributed by atoms with E-state index >= 15 is 0 Å². The molecule has 0 aliphatic rings. The number of hydrogen-bond donors (Lipinski definition) is 2. The van der Waals surface area contributed by atoms with E-state index in [0.29, 0.717) is 22.2 Å². The van der Waals surface area contributed by atoms with Crippen molar-refractivity contribution in [1.82, 2.24) is 30.7 Å². The monoisotopic (exact) mass is 442 g/mol. The SMILES string of the molecule is CN(C)C(=O)Cn1cc(C(=O)NNC(=O)CCCOc2ccc(Cl)cc2Cl)nn1. The highest BCUT2D eigenvalue weighted by atomic mass is 35.5. The number of hydrogen-bond acceptors (Lipinski definition) is 6. The number of amides is 3. The Bertz CT molecular complexity index is 887. The Hall–Kier alpha value is -2.85. The number of ether oxygens (including phenoxy) is 1. The summed E-state index contributed by atoms with van der Waals surface area (Å²) in [5.74, 6) is -0.775. The molecule has 1 aromatic carbocycles. The van der Waals surface area contributed by atoms with Gasteiger partial charge in [0.25, 0.3) is 5.91 Å². The molecule has 1 heterocycles. The molecule has 0 radical (unpaired) electrons. The molecule has 0 fully saturated rings. The highest BCUT2D eigenvalue weighted by Gasteiger charge is 2.14. The standard InChI is InChI=1S/C17H20Cl2N6O4/c1-24(2)16(27)10-25-9-13(20-23-25)17(28)22-21-15(26)4-3-7-29-14-6-5-11(18)8-12(14)19/h5-6,8-9H,3-4,7,10H2,1-2H3,(H,21,26)(H,22,28). The quantitative estimate of drug-likeness (QED) is 0.469. The third-order valence-electron chi connectivity index (χ3n) is 3.58. The third kappa shape index (κ3) is 7.24. The van der Waals surface area contributed by atoms with E-state index in [-0.39, 0.29) is 31.2 Å². The van der Waals surface area contributed by atoms with Crippen LogP contribution in [0.25, 0.3) is 0 Å². The molecule has 0 bridgehead atoms. The van der Waals surface area contributed by atoms with Gasteiger partial charge in [0.2, 0.25) is 11.8 Å². The normalized spacial score (nSPS) is 10.3. The minimum atomic E-state index is -0.647. The zero-order chi connectivity index (χ0) is 21.4. The highest BCUT2D eigenvalue weighted by molar-refractivity contribution is 6.35. The Morgan fingerprint density at radius 3 is 2.66 bits per heavy atom. The molecule has 0 atom stereocenters. The number of halogens is 2. The van der Waals surface area contributed by atoms with Gasteiger partial charge in [-0.2, -0.15) is 0 Å². The van der Waals surface area contributed by atoms with Crippen LogP contribution < -0.4 is 15.6 Å². The highest BCUT2D eigenvalue weighted by Crippen LogP contribution is 2.27. The first kappa shape index (κ1) is 22.4. The number of likely N-dealkylation sites (N-methyl/N-ethyl adjacent to an activating group) is 1. The lowest BCUT2D eigenvalue weighted by atomic mass is 10.3. The first-order chi connectivity index (χ1) is 13.8. The van der Waals surface area contributed by atoms with Crippen LogP contribution in [-0.2, 0) is 16.1 Å². The van der Waals surface area contributed by atoms with Gasteiger partial charge in [0.05, 0.1) is 17.8 Å². The molecule has 0 spiro atoms. The van der Waals surface area contributed by atoms with Crippen molar-refractivity contribution in [2.75, 3.05) is 20.7 Å². The largest absolute Gasteiger partial charge is 0.492 e. The minimum Gasteiger partial charge on any atom is -0.492 e. The molecule has 1 aromatic heterocycles. The maximum atomic E-state index is 12.0. The van der Waals surface area contributed by atoms with Crippen LogP contribution >= 0.6 is 23.2 Å². The molecule has 0 unspecified atom stereocenters. The van der Waals surface area contributed by atoms with Crippen molar-refractivity contribution in [3.05, 3.63) is 40.1 Å². The lowest BCUT2D eigenvalue weighted by Crippen LogP contribution is -2.41. The number of rotatable bonds is 8. The predicted molar refractivity (Wildman–Crippen MR) is 106 cm³/mol. The second-order valence-corrected chi connectivity index (χ2v) is 6.96. The van der Waals surface area contributed by atoms with E-state index in [1.807, 2.05) is 0 Å². The van der Waals surface area contributed by atoms with Crippen LogP contribution in [0, 0.1) is 0 Å². The molecular weight excluding hydrogens is 423 g/mol. The molecule has 3 amide bonds. The maximum Gasteiger partial charge on any atom is 0.291 e. The molecule has 2 rings (SSSR count). The van der Waals surface area contributed by atoms with Crippen molar-refractivity contribution in [3.8, 4) is 5.75 Å². The zero-order valence-corrected chi connectivity index (χ0v) is 17.3. The molecule has 0 saturated carbocycles. The van der Waals surface area contributed by atoms with Gasteiger partial charge in [-0.1, -0.05) is 28.4 Å². The van der Waals surface area contributed by atoms with Crippen molar-refractivity contribution in [1.29, 1.82) is 0 Å². The first-order valence-electron chi connectivity index (χ1n) is 8.53. The van der Waals surface area contributed by atoms with Gasteiger partial charge in [-0.25, -0.2) is 4.68 Å². The van der Waals surface area contributed by atoms with Gasteiger partial charge in [0.15, 0.2) is 5.69 Å². The van der Waals surface area contributed by atoms with E-state index in [1.165, 1.54) is 15.8 Å². The van der Waals surface area contributed by atoms with E-state index < -0.39 is 11.8 Å². The van der Waals surface area contributed by atoms with Gasteiger partial charge in [0, 0.05) is 25.5 Å². The molecule has 0 aliphatic heterocycles. The molecule has 2 aromatic rings. The average molecular weight is 443 g/mol. The van der Waals surface area contributed by atoms with Gasteiger partial charge < -0.3 is 9.64 Å². The third-order valence-corrected chi connectivity index (χ3v) is 4.11. The summed E-state index contributed by atoms with van der Waals surface area (Å²) in [5.41, 5.74) is 4.48. The minimum absolute atomic E-state index is 0.0300. The second kappa shape index (κ2) is 10.6. The summed E-state index contributed by atoms with van der Waals surface area (Å²) in [7, 11) is 3.22. The fourth-order valence-electron chi connectivity index (χ4n) is 2.02. The summed E-state index contributed by atoms with van der Waals surface area (Å²) in [6, 6.07) is 4.86. The number of aromatic nitrogens is 3. The first-order valence-corrected chi connectivity index (χ1v) is 9.29. The molecular formula is C17H20Cl2N6O4. The van der Waals surface area contributed by atoms with Gasteiger partial charge in [0.1, 0.15) is 12.3 Å². The summed E-state index contributed by atoms with van der Waals surface area (Å²) >= 11 is 11.8. The smallest absolute Gasteiger partial charge is 0.291 e. The Morgan fingerprint density at radius 2 is 1.97 bits per heavy atom. The lowest BCUT2D eigenvalue weighted by Gasteiger charge is -2.09. The summed E-state index contributed by atoms with van der Waals surface area (Å²) in [6.45, 7) is 0.216. The van der Waals surface area contributed by atoms with Crippen molar-refractivity contribution < 1.29 is 19.1 Å². The van der Waals surface area contributed by atoms with Crippen LogP contribution in [0.3, 0.4) is 0 Å². The van der Waals surface area contributed by atoms with Gasteiger partial charge in [-0.15, -0.1) is 5.10 Å². The molecule has 156 valence electrons. The number of nitrogens with one attached hydrogen (secondary N) is 2. The van der Waals surface area contributed by atoms with Crippen molar-refractivity contribution >= 4 is 40.9 Å². The van der Waals surface area contributed by atoms with Crippen LogP contribution in [0.4, 0.5) is 0 Å². The number of carbonyl (C=O) groups is 3. The number of carbonyl (C=O) groups excluding carboxylic acids is 3. The Labute approximate surface area is 177 Å². The Morgan fingerprint density at radius 1 is 1.21 bits per heavy atom. The molecule has 0 aliphatic carbocycles. The van der Waals surface area contributed by atoms with E-state index in [4.69, 9.17) is 27.9 Å². The fourth-order valence-corrected chi connectivity index (χ4v) is 2.48. The summed E-state index contributed by atoms with van der Waals surface area (Å²) in [4.78, 5) is 36.8. The lowest BCUT2D eigenvalue weighted by molar-refractivity contribution is -0.129. The van der Waals surface area contributed by atoms with E-state index in [0.717, 1.165) is 0 Å². The van der Waals surface area contributed by atoms with Crippen molar-refractivity contribution in [3.63, 3.8) is 0 Å². The van der Waals surface area contributed by atoms with Crippen LogP contribution in [0.5, 0.6) is 5.75 Å². The average Bonchev–Trinajstić information content (AvgIpc) is 3.13. The predicted octanol–water partition coefficient (Wildman–Crippen LogP) is 1.29. The van der Waals surface area contributed by atoms with Gasteiger partial charge in [-0.3, -0.25) is 25.2 Å². The van der Waals surface area contributed by atoms with Gasteiger partial charge in [-0.05, 0) is 24.6 Å². The van der Waals surface area contributed by atoms with Crippen molar-refractivity contribution in [2.45, 2.75) is 19.4 Å².